The largest absolute Gasteiger partial charge is 0.292 e. The van der Waals surface area contributed by atoms with E-state index in [1.165, 1.54) is 5.39 Å². The zero-order valence-electron chi connectivity index (χ0n) is 11.3. The Morgan fingerprint density at radius 2 is 1.60 bits per heavy atom. The Hall–Kier alpha value is -1.86. The first-order valence-electron chi connectivity index (χ1n) is 6.81. The van der Waals surface area contributed by atoms with Crippen LogP contribution in [-0.2, 0) is 0 Å². The quantitative estimate of drug-likeness (QED) is 0.367. The van der Waals surface area contributed by atoms with E-state index < -0.39 is 5.38 Å². The third-order valence-electron chi connectivity index (χ3n) is 3.68. The lowest BCUT2D eigenvalue weighted by Crippen LogP contribution is -2.14. The lowest BCUT2D eigenvalue weighted by Gasteiger charge is -2.12. The second kappa shape index (κ2) is 5.26. The van der Waals surface area contributed by atoms with E-state index in [9.17, 15) is 4.79 Å². The van der Waals surface area contributed by atoms with Gasteiger partial charge in [-0.1, -0.05) is 55.5 Å². The summed E-state index contributed by atoms with van der Waals surface area (Å²) in [7, 11) is 0. The van der Waals surface area contributed by atoms with Gasteiger partial charge in [0, 0.05) is 5.56 Å². The average molecular weight is 283 g/mol. The van der Waals surface area contributed by atoms with Gasteiger partial charge in [0.2, 0.25) is 0 Å². The van der Waals surface area contributed by atoms with Crippen molar-refractivity contribution in [1.29, 1.82) is 0 Å². The van der Waals surface area contributed by atoms with Crippen LogP contribution < -0.4 is 0 Å². The number of alkyl halides is 1. The number of hydrogen-bond acceptors (Lipinski definition) is 1. The zero-order chi connectivity index (χ0) is 14.1. The molecular weight excluding hydrogens is 268 g/mol. The second-order valence-electron chi connectivity index (χ2n) is 4.93. The second-order valence-corrected chi connectivity index (χ2v) is 5.46. The molecule has 1 atom stereocenters. The van der Waals surface area contributed by atoms with Gasteiger partial charge in [-0.3, -0.25) is 4.79 Å². The first kappa shape index (κ1) is 13.1. The Bertz CT molecular complexity index is 792. The third kappa shape index (κ3) is 2.08. The first-order valence-corrected chi connectivity index (χ1v) is 7.24. The Morgan fingerprint density at radius 1 is 1.00 bits per heavy atom. The van der Waals surface area contributed by atoms with Crippen molar-refractivity contribution in [3.8, 4) is 0 Å². The summed E-state index contributed by atoms with van der Waals surface area (Å²) < 4.78 is 0. The molecule has 0 aliphatic rings. The third-order valence-corrected chi connectivity index (χ3v) is 4.18. The van der Waals surface area contributed by atoms with E-state index >= 15 is 0 Å². The number of benzene rings is 3. The van der Waals surface area contributed by atoms with Crippen molar-refractivity contribution >= 4 is 38.9 Å². The van der Waals surface area contributed by atoms with Gasteiger partial charge >= 0.3 is 0 Å². The fraction of sp³-hybridized carbons (Fsp3) is 0.167. The van der Waals surface area contributed by atoms with E-state index in [1.807, 2.05) is 49.4 Å². The topological polar surface area (TPSA) is 17.1 Å². The fourth-order valence-corrected chi connectivity index (χ4v) is 2.73. The number of rotatable bonds is 3. The summed E-state index contributed by atoms with van der Waals surface area (Å²) in [5.41, 5.74) is 0.723. The molecule has 20 heavy (non-hydrogen) atoms. The highest BCUT2D eigenvalue weighted by Gasteiger charge is 2.18. The number of fused-ring (bicyclic) bond motifs is 3. The fourth-order valence-electron chi connectivity index (χ4n) is 2.61. The van der Waals surface area contributed by atoms with E-state index in [2.05, 4.69) is 12.1 Å². The molecule has 0 aliphatic heterocycles. The van der Waals surface area contributed by atoms with Crippen LogP contribution in [0.25, 0.3) is 21.5 Å². The van der Waals surface area contributed by atoms with Crippen LogP contribution in [0.2, 0.25) is 0 Å². The molecule has 0 aromatic heterocycles. The SMILES string of the molecule is CCC(Cl)C(=O)c1cc2ccccc2c2ccccc12. The minimum absolute atomic E-state index is 0.0103. The Labute approximate surface area is 123 Å². The van der Waals surface area contributed by atoms with Crippen LogP contribution in [0.5, 0.6) is 0 Å². The highest BCUT2D eigenvalue weighted by molar-refractivity contribution is 6.36. The number of carbonyl (C=O) groups is 1. The molecule has 1 nitrogen and oxygen atoms in total. The van der Waals surface area contributed by atoms with Crippen molar-refractivity contribution < 1.29 is 4.79 Å². The zero-order valence-corrected chi connectivity index (χ0v) is 12.0. The van der Waals surface area contributed by atoms with E-state index in [0.29, 0.717) is 6.42 Å². The number of Topliss-reactive ketones (excluding diaryl/α,β-unsaturated/α-hetero) is 1. The molecule has 2 heteroatoms. The number of ketones is 1. The molecule has 0 bridgehead atoms. The molecule has 0 saturated heterocycles. The van der Waals surface area contributed by atoms with Crippen molar-refractivity contribution in [2.24, 2.45) is 0 Å². The molecule has 3 aromatic rings. The van der Waals surface area contributed by atoms with Crippen LogP contribution in [0.4, 0.5) is 0 Å². The first-order chi connectivity index (χ1) is 9.72. The van der Waals surface area contributed by atoms with Crippen molar-refractivity contribution in [2.75, 3.05) is 0 Å². The summed E-state index contributed by atoms with van der Waals surface area (Å²) in [6.45, 7) is 1.93. The van der Waals surface area contributed by atoms with Crippen molar-refractivity contribution in [1.82, 2.24) is 0 Å². The molecule has 0 radical (unpaired) electrons. The van der Waals surface area contributed by atoms with Crippen LogP contribution in [0, 0.1) is 0 Å². The monoisotopic (exact) mass is 282 g/mol. The van der Waals surface area contributed by atoms with Crippen LogP contribution in [0.15, 0.2) is 54.6 Å². The van der Waals surface area contributed by atoms with Gasteiger partial charge in [0.1, 0.15) is 0 Å². The minimum Gasteiger partial charge on any atom is -0.292 e. The van der Waals surface area contributed by atoms with Gasteiger partial charge in [-0.15, -0.1) is 11.6 Å². The molecule has 0 amide bonds. The standard InChI is InChI=1S/C18H15ClO/c1-2-17(19)18(20)16-11-12-7-3-4-8-13(12)14-9-5-6-10-15(14)16/h3-11,17H,2H2,1H3. The predicted molar refractivity (Wildman–Crippen MR) is 85.7 cm³/mol. The van der Waals surface area contributed by atoms with E-state index in [1.54, 1.807) is 0 Å². The number of carbonyl (C=O) groups excluding carboxylic acids is 1. The smallest absolute Gasteiger partial charge is 0.181 e. The highest BCUT2D eigenvalue weighted by atomic mass is 35.5. The van der Waals surface area contributed by atoms with Gasteiger partial charge in [-0.05, 0) is 34.0 Å². The predicted octanol–water partition coefficient (Wildman–Crippen LogP) is 5.19. The minimum atomic E-state index is -0.459. The van der Waals surface area contributed by atoms with Gasteiger partial charge < -0.3 is 0 Å². The van der Waals surface area contributed by atoms with Gasteiger partial charge in [-0.2, -0.15) is 0 Å². The molecule has 0 saturated carbocycles. The Kier molecular flexibility index (Phi) is 3.45. The molecule has 3 aromatic carbocycles. The van der Waals surface area contributed by atoms with Crippen molar-refractivity contribution in [3.05, 3.63) is 60.2 Å². The van der Waals surface area contributed by atoms with Crippen LogP contribution in [-0.4, -0.2) is 11.2 Å². The van der Waals surface area contributed by atoms with Crippen molar-refractivity contribution in [3.63, 3.8) is 0 Å². The van der Waals surface area contributed by atoms with Crippen LogP contribution >= 0.6 is 11.6 Å². The van der Waals surface area contributed by atoms with Gasteiger partial charge in [-0.25, -0.2) is 0 Å². The molecule has 3 rings (SSSR count). The summed E-state index contributed by atoms with van der Waals surface area (Å²) >= 11 is 6.15. The van der Waals surface area contributed by atoms with Crippen LogP contribution in [0.3, 0.4) is 0 Å². The lowest BCUT2D eigenvalue weighted by atomic mass is 9.94. The van der Waals surface area contributed by atoms with Gasteiger partial charge in [0.25, 0.3) is 0 Å². The summed E-state index contributed by atoms with van der Waals surface area (Å²) in [4.78, 5) is 12.5. The van der Waals surface area contributed by atoms with E-state index in [-0.39, 0.29) is 5.78 Å². The molecular formula is C18H15ClO. The maximum absolute atomic E-state index is 12.5. The van der Waals surface area contributed by atoms with Crippen LogP contribution in [0.1, 0.15) is 23.7 Å². The molecule has 1 unspecified atom stereocenters. The normalized spacial score (nSPS) is 12.7. The van der Waals surface area contributed by atoms with E-state index in [4.69, 9.17) is 11.6 Å². The molecule has 0 heterocycles. The molecule has 0 N–H and O–H groups in total. The molecule has 0 aliphatic carbocycles. The van der Waals surface area contributed by atoms with Crippen molar-refractivity contribution in [2.45, 2.75) is 18.7 Å². The molecule has 0 spiro atoms. The summed E-state index contributed by atoms with van der Waals surface area (Å²) in [5.74, 6) is 0.0103. The number of hydrogen-bond donors (Lipinski definition) is 0. The average Bonchev–Trinajstić information content (AvgIpc) is 2.52. The maximum Gasteiger partial charge on any atom is 0.181 e. The van der Waals surface area contributed by atoms with E-state index in [0.717, 1.165) is 21.7 Å². The Balaban J connectivity index is 2.37. The van der Waals surface area contributed by atoms with Gasteiger partial charge in [0.05, 0.1) is 5.38 Å². The number of halogens is 1. The summed E-state index contributed by atoms with van der Waals surface area (Å²) in [6.07, 6.45) is 0.640. The summed E-state index contributed by atoms with van der Waals surface area (Å²) in [6, 6.07) is 18.1. The summed E-state index contributed by atoms with van der Waals surface area (Å²) in [5, 5.41) is 3.88. The molecule has 100 valence electrons. The highest BCUT2D eigenvalue weighted by Crippen LogP contribution is 2.30. The Morgan fingerprint density at radius 3 is 2.30 bits per heavy atom. The lowest BCUT2D eigenvalue weighted by molar-refractivity contribution is 0.0987. The van der Waals surface area contributed by atoms with Gasteiger partial charge in [0.15, 0.2) is 5.78 Å². The maximum atomic E-state index is 12.5. The molecule has 0 fully saturated rings.